The highest BCUT2D eigenvalue weighted by molar-refractivity contribution is 5.80. The number of hydrogen-bond donors (Lipinski definition) is 1. The average Bonchev–Trinajstić information content (AvgIpc) is 3.15. The number of nitrogens with zero attached hydrogens (tertiary/aromatic N) is 2. The van der Waals surface area contributed by atoms with Crippen molar-refractivity contribution in [2.24, 2.45) is 5.92 Å². The predicted octanol–water partition coefficient (Wildman–Crippen LogP) is 1.57. The van der Waals surface area contributed by atoms with Gasteiger partial charge in [0.2, 0.25) is 5.91 Å². The van der Waals surface area contributed by atoms with Gasteiger partial charge in [0.15, 0.2) is 0 Å². The molecule has 2 fully saturated rings. The van der Waals surface area contributed by atoms with E-state index < -0.39 is 5.97 Å². The van der Waals surface area contributed by atoms with Crippen molar-refractivity contribution in [2.45, 2.75) is 57.5 Å². The lowest BCUT2D eigenvalue weighted by Gasteiger charge is -2.37. The second-order valence-corrected chi connectivity index (χ2v) is 6.51. The van der Waals surface area contributed by atoms with Crippen molar-refractivity contribution in [3.63, 3.8) is 0 Å². The monoisotopic (exact) mass is 282 g/mol. The molecule has 114 valence electrons. The van der Waals surface area contributed by atoms with Gasteiger partial charge in [0.1, 0.15) is 0 Å². The minimum absolute atomic E-state index is 0.0774. The Morgan fingerprint density at radius 2 is 1.50 bits per heavy atom. The van der Waals surface area contributed by atoms with Crippen LogP contribution in [0.5, 0.6) is 0 Å². The molecule has 0 radical (unpaired) electrons. The molecule has 0 atom stereocenters. The zero-order chi connectivity index (χ0) is 14.7. The Labute approximate surface area is 120 Å². The Kier molecular flexibility index (Phi) is 5.02. The van der Waals surface area contributed by atoms with Gasteiger partial charge in [-0.05, 0) is 51.5 Å². The van der Waals surface area contributed by atoms with Crippen LogP contribution in [0.1, 0.15) is 45.4 Å². The molecule has 5 heteroatoms. The maximum Gasteiger partial charge on any atom is 0.317 e. The summed E-state index contributed by atoms with van der Waals surface area (Å²) >= 11 is 0. The lowest BCUT2D eigenvalue weighted by molar-refractivity contribution is -0.140. The van der Waals surface area contributed by atoms with E-state index in [1.165, 1.54) is 12.8 Å². The first-order valence-electron chi connectivity index (χ1n) is 7.69. The molecule has 2 aliphatic carbocycles. The number of rotatable bonds is 6. The second kappa shape index (κ2) is 6.57. The van der Waals surface area contributed by atoms with Gasteiger partial charge in [-0.3, -0.25) is 14.5 Å². The van der Waals surface area contributed by atoms with Gasteiger partial charge in [0.05, 0.1) is 13.1 Å². The Morgan fingerprint density at radius 3 is 1.95 bits per heavy atom. The van der Waals surface area contributed by atoms with Crippen molar-refractivity contribution >= 4 is 11.9 Å². The summed E-state index contributed by atoms with van der Waals surface area (Å²) in [6, 6.07) is 0.795. The van der Waals surface area contributed by atoms with E-state index in [1.807, 2.05) is 0 Å². The minimum atomic E-state index is -0.884. The second-order valence-electron chi connectivity index (χ2n) is 6.51. The summed E-state index contributed by atoms with van der Waals surface area (Å²) in [5.41, 5.74) is 0. The molecule has 20 heavy (non-hydrogen) atoms. The number of carboxylic acids is 1. The molecule has 0 aromatic rings. The quantitative estimate of drug-likeness (QED) is 0.803. The molecule has 2 saturated carbocycles. The summed E-state index contributed by atoms with van der Waals surface area (Å²) in [5, 5.41) is 8.77. The molecule has 2 aliphatic rings. The van der Waals surface area contributed by atoms with Crippen LogP contribution in [0.3, 0.4) is 0 Å². The smallest absolute Gasteiger partial charge is 0.317 e. The lowest BCUT2D eigenvalue weighted by Crippen LogP contribution is -2.48. The summed E-state index contributed by atoms with van der Waals surface area (Å²) in [6.45, 7) is 2.42. The van der Waals surface area contributed by atoms with E-state index in [0.29, 0.717) is 12.1 Å². The normalized spacial score (nSPS) is 26.6. The van der Waals surface area contributed by atoms with Crippen molar-refractivity contribution in [1.29, 1.82) is 0 Å². The Balaban J connectivity index is 1.91. The van der Waals surface area contributed by atoms with Crippen molar-refractivity contribution in [3.8, 4) is 0 Å². The number of carbonyl (C=O) groups is 2. The van der Waals surface area contributed by atoms with E-state index in [1.54, 1.807) is 11.9 Å². The summed E-state index contributed by atoms with van der Waals surface area (Å²) in [7, 11) is 1.69. The third-order valence-corrected chi connectivity index (χ3v) is 4.42. The molecule has 0 heterocycles. The molecule has 0 aromatic heterocycles. The summed E-state index contributed by atoms with van der Waals surface area (Å²) < 4.78 is 0. The fraction of sp³-hybridized carbons (Fsp3) is 0.867. The van der Waals surface area contributed by atoms with Crippen molar-refractivity contribution < 1.29 is 14.7 Å². The Morgan fingerprint density at radius 1 is 1.00 bits per heavy atom. The number of carboxylic acid groups (broad SMARTS) is 1. The average molecular weight is 282 g/mol. The van der Waals surface area contributed by atoms with Crippen LogP contribution in [0, 0.1) is 5.92 Å². The van der Waals surface area contributed by atoms with Gasteiger partial charge in [-0.1, -0.05) is 6.92 Å². The third kappa shape index (κ3) is 4.20. The van der Waals surface area contributed by atoms with Crippen LogP contribution in [0.2, 0.25) is 0 Å². The van der Waals surface area contributed by atoms with Gasteiger partial charge >= 0.3 is 5.97 Å². The minimum Gasteiger partial charge on any atom is -0.480 e. The summed E-state index contributed by atoms with van der Waals surface area (Å²) in [4.78, 5) is 26.8. The SMILES string of the molecule is CC1CCC(N(C(=O)CN(C)CC(=O)O)C2CC2)CC1. The van der Waals surface area contributed by atoms with E-state index >= 15 is 0 Å². The Bertz CT molecular complexity index is 360. The first-order valence-corrected chi connectivity index (χ1v) is 7.69. The van der Waals surface area contributed by atoms with Crippen LogP contribution < -0.4 is 0 Å². The van der Waals surface area contributed by atoms with Crippen molar-refractivity contribution in [3.05, 3.63) is 0 Å². The first-order chi connectivity index (χ1) is 9.47. The highest BCUT2D eigenvalue weighted by Gasteiger charge is 2.38. The molecule has 0 aliphatic heterocycles. The molecule has 1 N–H and O–H groups in total. The topological polar surface area (TPSA) is 60.9 Å². The lowest BCUT2D eigenvalue weighted by atomic mass is 9.86. The van der Waals surface area contributed by atoms with Gasteiger partial charge < -0.3 is 10.0 Å². The third-order valence-electron chi connectivity index (χ3n) is 4.42. The molecule has 5 nitrogen and oxygen atoms in total. The van der Waals surface area contributed by atoms with Crippen molar-refractivity contribution in [2.75, 3.05) is 20.1 Å². The molecule has 0 unspecified atom stereocenters. The maximum atomic E-state index is 12.5. The van der Waals surface area contributed by atoms with Crippen LogP contribution in [-0.4, -0.2) is 59.0 Å². The number of aliphatic carboxylic acids is 1. The van der Waals surface area contributed by atoms with Crippen LogP contribution in [-0.2, 0) is 9.59 Å². The van der Waals surface area contributed by atoms with Gasteiger partial charge in [0.25, 0.3) is 0 Å². The highest BCUT2D eigenvalue weighted by Crippen LogP contribution is 2.35. The van der Waals surface area contributed by atoms with E-state index in [2.05, 4.69) is 11.8 Å². The molecule has 0 bridgehead atoms. The zero-order valence-corrected chi connectivity index (χ0v) is 12.5. The molecule has 0 spiro atoms. The van der Waals surface area contributed by atoms with Crippen LogP contribution >= 0.6 is 0 Å². The largest absolute Gasteiger partial charge is 0.480 e. The molecule has 0 aromatic carbocycles. The predicted molar refractivity (Wildman–Crippen MR) is 76.4 cm³/mol. The van der Waals surface area contributed by atoms with Gasteiger partial charge in [-0.15, -0.1) is 0 Å². The van der Waals surface area contributed by atoms with E-state index in [4.69, 9.17) is 5.11 Å². The van der Waals surface area contributed by atoms with Crippen LogP contribution in [0.15, 0.2) is 0 Å². The van der Waals surface area contributed by atoms with Gasteiger partial charge in [0, 0.05) is 12.1 Å². The zero-order valence-electron chi connectivity index (χ0n) is 12.5. The molecule has 1 amide bonds. The molecule has 2 rings (SSSR count). The summed E-state index contributed by atoms with van der Waals surface area (Å²) in [5.74, 6) is -0.00217. The van der Waals surface area contributed by atoms with Crippen LogP contribution in [0.4, 0.5) is 0 Å². The van der Waals surface area contributed by atoms with E-state index in [9.17, 15) is 9.59 Å². The van der Waals surface area contributed by atoms with Gasteiger partial charge in [-0.25, -0.2) is 0 Å². The fourth-order valence-corrected chi connectivity index (χ4v) is 3.18. The standard InChI is InChI=1S/C15H26N2O3/c1-11-3-5-12(6-4-11)17(13-7-8-13)14(18)9-16(2)10-15(19)20/h11-13H,3-10H2,1-2H3,(H,19,20). The summed E-state index contributed by atoms with van der Waals surface area (Å²) in [6.07, 6.45) is 6.83. The number of hydrogen-bond acceptors (Lipinski definition) is 3. The number of carbonyl (C=O) groups excluding carboxylic acids is 1. The fourth-order valence-electron chi connectivity index (χ4n) is 3.18. The van der Waals surface area contributed by atoms with E-state index in [0.717, 1.165) is 31.6 Å². The highest BCUT2D eigenvalue weighted by atomic mass is 16.4. The molecule has 0 saturated heterocycles. The number of amides is 1. The van der Waals surface area contributed by atoms with Gasteiger partial charge in [-0.2, -0.15) is 0 Å². The Hall–Kier alpha value is -1.10. The molecular weight excluding hydrogens is 256 g/mol. The maximum absolute atomic E-state index is 12.5. The molecular formula is C15H26N2O3. The first kappa shape index (κ1) is 15.3. The van der Waals surface area contributed by atoms with Crippen molar-refractivity contribution in [1.82, 2.24) is 9.80 Å². The number of likely N-dealkylation sites (N-methyl/N-ethyl adjacent to an activating group) is 1. The van der Waals surface area contributed by atoms with E-state index in [-0.39, 0.29) is 19.0 Å². The van der Waals surface area contributed by atoms with Crippen LogP contribution in [0.25, 0.3) is 0 Å².